The van der Waals surface area contributed by atoms with Crippen LogP contribution in [0.1, 0.15) is 13.8 Å². The molecule has 0 saturated carbocycles. The van der Waals surface area contributed by atoms with E-state index in [9.17, 15) is 9.59 Å². The highest BCUT2D eigenvalue weighted by atomic mass is 16.5. The topological polar surface area (TPSA) is 81.9 Å². The first kappa shape index (κ1) is 19.8. The van der Waals surface area contributed by atoms with Gasteiger partial charge in [0.2, 0.25) is 0 Å². The number of hydrogen-bond donors (Lipinski definition) is 1. The SMILES string of the molecule is CCOCCn1c(=O)n(CC)c(=O)c2[nH]c(-c3ccc(-c4ccccc4)cc3)nc21. The Hall–Kier alpha value is -3.45. The lowest BCUT2D eigenvalue weighted by Crippen LogP contribution is -2.40. The summed E-state index contributed by atoms with van der Waals surface area (Å²) < 4.78 is 8.13. The Kier molecular flexibility index (Phi) is 5.63. The molecule has 2 aromatic heterocycles. The molecule has 7 heteroatoms. The molecule has 2 heterocycles. The third kappa shape index (κ3) is 3.59. The monoisotopic (exact) mass is 404 g/mol. The molecule has 4 aromatic rings. The summed E-state index contributed by atoms with van der Waals surface area (Å²) in [6, 6.07) is 18.1. The van der Waals surface area contributed by atoms with Gasteiger partial charge in [0.1, 0.15) is 11.3 Å². The lowest BCUT2D eigenvalue weighted by Gasteiger charge is -2.09. The van der Waals surface area contributed by atoms with E-state index in [1.165, 1.54) is 9.13 Å². The van der Waals surface area contributed by atoms with E-state index in [0.717, 1.165) is 16.7 Å². The summed E-state index contributed by atoms with van der Waals surface area (Å²) >= 11 is 0. The van der Waals surface area contributed by atoms with E-state index in [1.807, 2.05) is 49.4 Å². The average molecular weight is 404 g/mol. The molecule has 0 aliphatic rings. The maximum absolute atomic E-state index is 12.8. The van der Waals surface area contributed by atoms with Crippen molar-refractivity contribution in [2.75, 3.05) is 13.2 Å². The van der Waals surface area contributed by atoms with E-state index in [4.69, 9.17) is 4.74 Å². The molecule has 0 bridgehead atoms. The third-order valence-corrected chi connectivity index (χ3v) is 5.11. The van der Waals surface area contributed by atoms with Crippen molar-refractivity contribution < 1.29 is 4.74 Å². The van der Waals surface area contributed by atoms with Crippen LogP contribution >= 0.6 is 0 Å². The zero-order valence-corrected chi connectivity index (χ0v) is 17.1. The normalized spacial score (nSPS) is 11.3. The number of aromatic nitrogens is 4. The standard InChI is InChI=1S/C23H24N4O3/c1-3-26-22(28)19-21(27(23(26)29)14-15-30-4-2)25-20(24-19)18-12-10-17(11-13-18)16-8-6-5-7-9-16/h5-13H,3-4,14-15H2,1-2H3,(H,24,25). The number of imidazole rings is 1. The third-order valence-electron chi connectivity index (χ3n) is 5.11. The van der Waals surface area contributed by atoms with Gasteiger partial charge in [-0.2, -0.15) is 0 Å². The summed E-state index contributed by atoms with van der Waals surface area (Å²) in [7, 11) is 0. The highest BCUT2D eigenvalue weighted by Gasteiger charge is 2.17. The van der Waals surface area contributed by atoms with E-state index >= 15 is 0 Å². The van der Waals surface area contributed by atoms with Crippen molar-refractivity contribution in [2.45, 2.75) is 26.9 Å². The van der Waals surface area contributed by atoms with E-state index in [0.29, 0.717) is 43.3 Å². The molecule has 0 saturated heterocycles. The average Bonchev–Trinajstić information content (AvgIpc) is 3.23. The molecule has 0 aliphatic carbocycles. The van der Waals surface area contributed by atoms with Gasteiger partial charge in [-0.15, -0.1) is 0 Å². The van der Waals surface area contributed by atoms with Crippen LogP contribution in [0.25, 0.3) is 33.7 Å². The van der Waals surface area contributed by atoms with Crippen molar-refractivity contribution in [3.8, 4) is 22.5 Å². The quantitative estimate of drug-likeness (QED) is 0.479. The van der Waals surface area contributed by atoms with Gasteiger partial charge in [-0.3, -0.25) is 13.9 Å². The predicted molar refractivity (Wildman–Crippen MR) is 118 cm³/mol. The second kappa shape index (κ2) is 8.51. The Labute approximate surface area is 173 Å². The van der Waals surface area contributed by atoms with Gasteiger partial charge < -0.3 is 9.72 Å². The number of nitrogens with one attached hydrogen (secondary N) is 1. The Morgan fingerprint density at radius 2 is 1.57 bits per heavy atom. The largest absolute Gasteiger partial charge is 0.380 e. The second-order valence-electron chi connectivity index (χ2n) is 6.91. The van der Waals surface area contributed by atoms with E-state index in [1.54, 1.807) is 6.92 Å². The molecule has 1 N–H and O–H groups in total. The fourth-order valence-electron chi connectivity index (χ4n) is 3.54. The summed E-state index contributed by atoms with van der Waals surface area (Å²) in [4.78, 5) is 33.3. The molecular weight excluding hydrogens is 380 g/mol. The fraction of sp³-hybridized carbons (Fsp3) is 0.261. The van der Waals surface area contributed by atoms with Crippen molar-refractivity contribution in [3.05, 3.63) is 75.4 Å². The smallest absolute Gasteiger partial charge is 0.332 e. The van der Waals surface area contributed by atoms with Crippen molar-refractivity contribution in [1.82, 2.24) is 19.1 Å². The van der Waals surface area contributed by atoms with E-state index in [2.05, 4.69) is 22.1 Å². The molecule has 4 rings (SSSR count). The van der Waals surface area contributed by atoms with E-state index < -0.39 is 0 Å². The van der Waals surface area contributed by atoms with Gasteiger partial charge in [0.05, 0.1) is 13.2 Å². The maximum Gasteiger partial charge on any atom is 0.332 e. The Bertz CT molecular complexity index is 1270. The summed E-state index contributed by atoms with van der Waals surface area (Å²) in [6.45, 7) is 5.24. The second-order valence-corrected chi connectivity index (χ2v) is 6.91. The van der Waals surface area contributed by atoms with Crippen LogP contribution in [-0.2, 0) is 17.8 Å². The minimum atomic E-state index is -0.368. The number of hydrogen-bond acceptors (Lipinski definition) is 4. The molecule has 0 fully saturated rings. The van der Waals surface area contributed by atoms with Crippen molar-refractivity contribution in [1.29, 1.82) is 0 Å². The van der Waals surface area contributed by atoms with Gasteiger partial charge in [0, 0.05) is 18.7 Å². The summed E-state index contributed by atoms with van der Waals surface area (Å²) in [5, 5.41) is 0. The molecule has 0 radical (unpaired) electrons. The first-order valence-corrected chi connectivity index (χ1v) is 10.1. The van der Waals surface area contributed by atoms with Crippen LogP contribution < -0.4 is 11.2 Å². The first-order valence-electron chi connectivity index (χ1n) is 10.1. The Morgan fingerprint density at radius 1 is 0.900 bits per heavy atom. The molecular formula is C23H24N4O3. The maximum atomic E-state index is 12.8. The van der Waals surface area contributed by atoms with Crippen LogP contribution in [0.4, 0.5) is 0 Å². The van der Waals surface area contributed by atoms with E-state index in [-0.39, 0.29) is 11.2 Å². The van der Waals surface area contributed by atoms with Crippen LogP contribution in [0, 0.1) is 0 Å². The lowest BCUT2D eigenvalue weighted by molar-refractivity contribution is 0.138. The molecule has 0 amide bonds. The molecule has 0 spiro atoms. The number of nitrogens with zero attached hydrogens (tertiary/aromatic N) is 3. The number of aromatic amines is 1. The first-order chi connectivity index (χ1) is 14.6. The molecule has 7 nitrogen and oxygen atoms in total. The minimum Gasteiger partial charge on any atom is -0.380 e. The van der Waals surface area contributed by atoms with Crippen LogP contribution in [0.3, 0.4) is 0 Å². The molecule has 154 valence electrons. The predicted octanol–water partition coefficient (Wildman–Crippen LogP) is 3.28. The minimum absolute atomic E-state index is 0.294. The van der Waals surface area contributed by atoms with Crippen LogP contribution in [0.5, 0.6) is 0 Å². The van der Waals surface area contributed by atoms with Gasteiger partial charge in [0.25, 0.3) is 5.56 Å². The number of rotatable bonds is 7. The van der Waals surface area contributed by atoms with Gasteiger partial charge in [-0.25, -0.2) is 9.78 Å². The molecule has 0 atom stereocenters. The number of fused-ring (bicyclic) bond motifs is 1. The van der Waals surface area contributed by atoms with Crippen LogP contribution in [0.15, 0.2) is 64.2 Å². The van der Waals surface area contributed by atoms with Crippen molar-refractivity contribution in [3.63, 3.8) is 0 Å². The highest BCUT2D eigenvalue weighted by molar-refractivity contribution is 5.76. The van der Waals surface area contributed by atoms with Gasteiger partial charge in [-0.1, -0.05) is 54.6 Å². The number of benzene rings is 2. The van der Waals surface area contributed by atoms with Crippen LogP contribution in [0.2, 0.25) is 0 Å². The van der Waals surface area contributed by atoms with Crippen molar-refractivity contribution in [2.24, 2.45) is 0 Å². The summed E-state index contributed by atoms with van der Waals surface area (Å²) in [5.41, 5.74) is 3.03. The van der Waals surface area contributed by atoms with Gasteiger partial charge in [-0.05, 0) is 25.0 Å². The van der Waals surface area contributed by atoms with Gasteiger partial charge in [0.15, 0.2) is 5.65 Å². The molecule has 2 aromatic carbocycles. The number of H-pyrrole nitrogens is 1. The zero-order valence-electron chi connectivity index (χ0n) is 17.1. The zero-order chi connectivity index (χ0) is 21.1. The number of ether oxygens (including phenoxy) is 1. The Balaban J connectivity index is 1.79. The lowest BCUT2D eigenvalue weighted by atomic mass is 10.0. The Morgan fingerprint density at radius 3 is 2.23 bits per heavy atom. The molecule has 0 unspecified atom stereocenters. The van der Waals surface area contributed by atoms with Gasteiger partial charge >= 0.3 is 5.69 Å². The molecule has 0 aliphatic heterocycles. The highest BCUT2D eigenvalue weighted by Crippen LogP contribution is 2.24. The molecule has 30 heavy (non-hydrogen) atoms. The van der Waals surface area contributed by atoms with Crippen LogP contribution in [-0.4, -0.2) is 32.3 Å². The summed E-state index contributed by atoms with van der Waals surface area (Å²) in [5.74, 6) is 0.556. The summed E-state index contributed by atoms with van der Waals surface area (Å²) in [6.07, 6.45) is 0. The fourth-order valence-corrected chi connectivity index (χ4v) is 3.54. The van der Waals surface area contributed by atoms with Crippen molar-refractivity contribution >= 4 is 11.2 Å².